The van der Waals surface area contributed by atoms with Gasteiger partial charge in [-0.2, -0.15) is 0 Å². The minimum absolute atomic E-state index is 0.134. The van der Waals surface area contributed by atoms with Gasteiger partial charge >= 0.3 is 0 Å². The van der Waals surface area contributed by atoms with Gasteiger partial charge in [-0.05, 0) is 122 Å². The number of rotatable bonds is 17. The molecule has 25 nitrogen and oxygen atoms in total. The minimum atomic E-state index is 0.134. The van der Waals surface area contributed by atoms with Gasteiger partial charge in [-0.3, -0.25) is 0 Å². The second kappa shape index (κ2) is 31.4. The lowest BCUT2D eigenvalue weighted by Gasteiger charge is -2.19. The number of hydrogen-bond donors (Lipinski definition) is 4. The van der Waals surface area contributed by atoms with E-state index in [1.807, 2.05) is 18.2 Å². The maximum Gasteiger partial charge on any atom is 0.233 e. The van der Waals surface area contributed by atoms with Gasteiger partial charge in [-0.15, -0.1) is 0 Å². The zero-order valence-corrected chi connectivity index (χ0v) is 48.2. The number of aryl methyl sites for hydroxylation is 3. The van der Waals surface area contributed by atoms with E-state index in [0.29, 0.717) is 62.3 Å². The smallest absolute Gasteiger partial charge is 0.233 e. The first kappa shape index (κ1) is 61.8. The Morgan fingerprint density at radius 3 is 1.32 bits per heavy atom. The predicted octanol–water partition coefficient (Wildman–Crippen LogP) is 10.7. The second-order valence-corrected chi connectivity index (χ2v) is 18.5. The fraction of sp³-hybridized carbons (Fsp3) is 0.214. The summed E-state index contributed by atoms with van der Waals surface area (Å²) in [7, 11) is 7.34. The molecule has 84 heavy (non-hydrogen) atoms. The summed E-state index contributed by atoms with van der Waals surface area (Å²) in [6, 6.07) is 22.3. The van der Waals surface area contributed by atoms with Gasteiger partial charge in [0.05, 0.1) is 42.0 Å². The van der Waals surface area contributed by atoms with Crippen LogP contribution in [0.5, 0.6) is 52.3 Å². The third-order valence-corrected chi connectivity index (χ3v) is 12.7. The summed E-state index contributed by atoms with van der Waals surface area (Å²) in [5.74, 6) is 5.28. The maximum absolute atomic E-state index is 6.05. The van der Waals surface area contributed by atoms with E-state index in [1.54, 1.807) is 31.4 Å². The maximum atomic E-state index is 6.05. The average Bonchev–Trinajstić information content (AvgIpc) is 4.10. The highest BCUT2D eigenvalue weighted by molar-refractivity contribution is 6.40. The first-order chi connectivity index (χ1) is 40.8. The summed E-state index contributed by atoms with van der Waals surface area (Å²) >= 11 is 18.0. The van der Waals surface area contributed by atoms with Gasteiger partial charge in [0.2, 0.25) is 23.5 Å². The molecule has 0 bridgehead atoms. The first-order valence-corrected chi connectivity index (χ1v) is 26.4. The molecule has 2 aliphatic rings. The average molecular weight is 1200 g/mol. The number of fused-ring (bicyclic) bond motifs is 2. The zero-order chi connectivity index (χ0) is 59.8. The molecule has 0 unspecified atom stereocenters. The van der Waals surface area contributed by atoms with Crippen molar-refractivity contribution < 1.29 is 43.0 Å². The highest BCUT2D eigenvalue weighted by atomic mass is 35.5. The molecule has 0 saturated carbocycles. The molecule has 4 heterocycles. The Balaban J connectivity index is 0.000000161. The predicted molar refractivity (Wildman–Crippen MR) is 321 cm³/mol. The van der Waals surface area contributed by atoms with E-state index in [-0.39, 0.29) is 33.3 Å². The number of oxime groups is 4. The minimum Gasteiger partial charge on any atom is -0.497 e. The molecule has 0 saturated heterocycles. The lowest BCUT2D eigenvalue weighted by molar-refractivity contribution is 0.215. The summed E-state index contributed by atoms with van der Waals surface area (Å²) in [4.78, 5) is 50.5. The van der Waals surface area contributed by atoms with Crippen LogP contribution < -0.4 is 46.6 Å². The summed E-state index contributed by atoms with van der Waals surface area (Å²) < 4.78 is 28.2. The lowest BCUT2D eigenvalue weighted by atomic mass is 9.91. The second-order valence-electron chi connectivity index (χ2n) is 17.2. The summed E-state index contributed by atoms with van der Waals surface area (Å²) in [6.07, 6.45) is 18.9. The van der Waals surface area contributed by atoms with Crippen LogP contribution in [0.2, 0.25) is 15.1 Å². The van der Waals surface area contributed by atoms with Crippen LogP contribution in [0.3, 0.4) is 0 Å². The molecule has 4 aromatic carbocycles. The van der Waals surface area contributed by atoms with Gasteiger partial charge in [0.1, 0.15) is 122 Å². The fourth-order valence-corrected chi connectivity index (χ4v) is 8.84. The molecule has 436 valence electrons. The van der Waals surface area contributed by atoms with Crippen LogP contribution in [-0.4, -0.2) is 100 Å². The van der Waals surface area contributed by atoms with Crippen molar-refractivity contribution in [1.29, 1.82) is 0 Å². The van der Waals surface area contributed by atoms with E-state index in [9.17, 15) is 0 Å². The van der Waals surface area contributed by atoms with E-state index in [4.69, 9.17) is 86.3 Å². The molecule has 0 radical (unpaired) electrons. The van der Waals surface area contributed by atoms with Crippen LogP contribution >= 0.6 is 34.8 Å². The molecule has 2 aliphatic carbocycles. The Labute approximate surface area is 497 Å². The molecule has 8 N–H and O–H groups in total. The number of hydrogen-bond acceptors (Lipinski definition) is 25. The topological polar surface area (TPSA) is 340 Å². The summed E-state index contributed by atoms with van der Waals surface area (Å²) in [5, 5.41) is 15.5. The number of nitrogens with zero attached hydrogens (tertiary/aromatic N) is 12. The van der Waals surface area contributed by atoms with Gasteiger partial charge in [-0.25, -0.2) is 39.9 Å². The monoisotopic (exact) mass is 1200 g/mol. The van der Waals surface area contributed by atoms with E-state index >= 15 is 0 Å². The van der Waals surface area contributed by atoms with Gasteiger partial charge in [0, 0.05) is 5.02 Å². The van der Waals surface area contributed by atoms with Gasteiger partial charge in [0.25, 0.3) is 0 Å². The van der Waals surface area contributed by atoms with Crippen LogP contribution in [0.1, 0.15) is 63.8 Å². The molecule has 0 fully saturated rings. The Kier molecular flexibility index (Phi) is 23.1. The highest BCUT2D eigenvalue weighted by Gasteiger charge is 2.19. The van der Waals surface area contributed by atoms with Crippen LogP contribution in [-0.2, 0) is 45.0 Å². The standard InChI is InChI=1S/C16H18N4O2.C15H16N4O2.C13H14N4O3.C12H9Cl3N4O2/c1-21-20-9-13-15(17)18-10-19-16(13)22-14-8-4-6-11-5-2-3-7-12(11)14;1-20-19-8-13-14(16)17-9-18-15(13)21-12-6-5-10-3-2-4-11(10)7-12;1-18-9-3-5-10(6-4-9)20-13-11(7-17-19-2)12(14)15-8-16-13;1-20-19-4-7-11(16)17-5-18-12(7)21-10-8(14)2-6(13)3-9(10)15/h4,6,8-10H,2-3,5,7H2,1H3,(H2,17,18,19);5-9H,2-4H2,1H3,(H2,16,17,18);3-8H,1-2H3,(H2,14,15,16);2-5H,1H3,(H2,16,17,18)/b20-9+;19-8+;17-7+;19-4+. The Morgan fingerprint density at radius 1 is 0.417 bits per heavy atom. The number of anilines is 4. The van der Waals surface area contributed by atoms with Crippen molar-refractivity contribution in [1.82, 2.24) is 39.9 Å². The molecule has 10 rings (SSSR count). The molecule has 0 spiro atoms. The normalized spacial score (nSPS) is 12.2. The lowest BCUT2D eigenvalue weighted by Crippen LogP contribution is -2.06. The number of nitrogen functional groups attached to an aromatic ring is 4. The van der Waals surface area contributed by atoms with Crippen molar-refractivity contribution >= 4 is 82.9 Å². The van der Waals surface area contributed by atoms with Crippen molar-refractivity contribution in [3.63, 3.8) is 0 Å². The number of halogens is 3. The van der Waals surface area contributed by atoms with Crippen molar-refractivity contribution in [2.45, 2.75) is 44.9 Å². The third kappa shape index (κ3) is 17.1. The molecule has 8 aromatic rings. The molecule has 0 amide bonds. The van der Waals surface area contributed by atoms with Crippen molar-refractivity contribution in [2.24, 2.45) is 20.6 Å². The quantitative estimate of drug-likeness (QED) is 0.0486. The van der Waals surface area contributed by atoms with E-state index in [2.05, 4.69) is 93.2 Å². The van der Waals surface area contributed by atoms with Gasteiger partial charge in [0.15, 0.2) is 5.75 Å². The van der Waals surface area contributed by atoms with Gasteiger partial charge in [-0.1, -0.05) is 73.6 Å². The van der Waals surface area contributed by atoms with Crippen LogP contribution in [0.15, 0.2) is 119 Å². The van der Waals surface area contributed by atoms with E-state index in [1.165, 1.54) is 132 Å². The van der Waals surface area contributed by atoms with Gasteiger partial charge < -0.3 is 66.0 Å². The number of methoxy groups -OCH3 is 1. The first-order valence-electron chi connectivity index (χ1n) is 25.2. The third-order valence-electron chi connectivity index (χ3n) is 11.9. The molecule has 28 heteroatoms. The summed E-state index contributed by atoms with van der Waals surface area (Å²) in [5.41, 5.74) is 30.3. The van der Waals surface area contributed by atoms with Crippen LogP contribution in [0.25, 0.3) is 0 Å². The fourth-order valence-electron chi connectivity index (χ4n) is 7.95. The van der Waals surface area contributed by atoms with Crippen LogP contribution in [0.4, 0.5) is 23.3 Å². The molecular formula is C56H57Cl3N16O9. The van der Waals surface area contributed by atoms with Crippen LogP contribution in [0, 0.1) is 0 Å². The number of nitrogens with two attached hydrogens (primary N) is 4. The van der Waals surface area contributed by atoms with Crippen molar-refractivity contribution in [3.8, 4) is 52.3 Å². The highest BCUT2D eigenvalue weighted by Crippen LogP contribution is 2.40. The zero-order valence-electron chi connectivity index (χ0n) is 46.0. The largest absolute Gasteiger partial charge is 0.497 e. The number of aromatic nitrogens is 8. The molecular weight excluding hydrogens is 1150 g/mol. The Morgan fingerprint density at radius 2 is 0.833 bits per heavy atom. The number of benzene rings is 4. The van der Waals surface area contributed by atoms with Crippen molar-refractivity contribution in [3.05, 3.63) is 158 Å². The SMILES string of the molecule is CO/N=C/c1c(N)ncnc1Oc1c(Cl)cc(Cl)cc1Cl.CO/N=C/c1c(N)ncnc1Oc1ccc(OC)cc1.CO/N=C/c1c(N)ncnc1Oc1ccc2c(c1)CCC2.CO/N=C/c1c(N)ncnc1Oc1cccc2c1CCCC2. The molecule has 0 atom stereocenters. The van der Waals surface area contributed by atoms with E-state index in [0.717, 1.165) is 42.9 Å². The summed E-state index contributed by atoms with van der Waals surface area (Å²) in [6.45, 7) is 0. The number of ether oxygens (including phenoxy) is 5. The Bertz CT molecular complexity index is 3600. The Hall–Kier alpha value is -9.85. The molecule has 0 aliphatic heterocycles. The van der Waals surface area contributed by atoms with Crippen molar-refractivity contribution in [2.75, 3.05) is 58.5 Å². The molecule has 4 aromatic heterocycles. The van der Waals surface area contributed by atoms with E-state index < -0.39 is 0 Å².